The van der Waals surface area contributed by atoms with Crippen LogP contribution in [-0.2, 0) is 19.1 Å². The van der Waals surface area contributed by atoms with Gasteiger partial charge in [0, 0.05) is 13.8 Å². The molecule has 0 amide bonds. The van der Waals surface area contributed by atoms with Crippen molar-refractivity contribution in [3.63, 3.8) is 0 Å². The van der Waals surface area contributed by atoms with E-state index in [2.05, 4.69) is 0 Å². The molecule has 1 aliphatic rings. The first-order valence-electron chi connectivity index (χ1n) is 7.71. The van der Waals surface area contributed by atoms with Gasteiger partial charge in [-0.05, 0) is 35.3 Å². The fourth-order valence-electron chi connectivity index (χ4n) is 2.68. The van der Waals surface area contributed by atoms with Crippen molar-refractivity contribution in [1.82, 2.24) is 0 Å². The number of ether oxygens (including phenoxy) is 2. The highest BCUT2D eigenvalue weighted by Crippen LogP contribution is 2.30. The van der Waals surface area contributed by atoms with Crippen LogP contribution in [0.2, 0.25) is 0 Å². The highest BCUT2D eigenvalue weighted by molar-refractivity contribution is 6.19. The molecule has 0 aromatic heterocycles. The molecule has 0 bridgehead atoms. The SMILES string of the molecule is Cc1ccccc1-c1ccccc1C=C1C(=O)OC(C)(C)OC1=O. The standard InChI is InChI=1S/C20H18O4/c1-13-8-4-6-10-15(13)16-11-7-5-9-14(16)12-17-18(21)23-20(2,3)24-19(17)22/h4-12H,1-3H3. The van der Waals surface area contributed by atoms with Gasteiger partial charge in [-0.3, -0.25) is 0 Å². The molecule has 0 saturated carbocycles. The molecule has 0 spiro atoms. The van der Waals surface area contributed by atoms with Gasteiger partial charge < -0.3 is 9.47 Å². The van der Waals surface area contributed by atoms with Crippen LogP contribution in [0.3, 0.4) is 0 Å². The summed E-state index contributed by atoms with van der Waals surface area (Å²) in [4.78, 5) is 24.3. The maximum atomic E-state index is 12.1. The van der Waals surface area contributed by atoms with Gasteiger partial charge >= 0.3 is 11.9 Å². The van der Waals surface area contributed by atoms with Gasteiger partial charge in [0.25, 0.3) is 5.79 Å². The molecule has 1 saturated heterocycles. The summed E-state index contributed by atoms with van der Waals surface area (Å²) in [5.41, 5.74) is 3.75. The lowest BCUT2D eigenvalue weighted by Gasteiger charge is -2.29. The van der Waals surface area contributed by atoms with E-state index >= 15 is 0 Å². The molecule has 0 radical (unpaired) electrons. The van der Waals surface area contributed by atoms with Gasteiger partial charge in [0.2, 0.25) is 0 Å². The van der Waals surface area contributed by atoms with Crippen molar-refractivity contribution < 1.29 is 19.1 Å². The predicted molar refractivity (Wildman–Crippen MR) is 90.9 cm³/mol. The number of esters is 2. The second kappa shape index (κ2) is 5.96. The Morgan fingerprint density at radius 1 is 0.833 bits per heavy atom. The van der Waals surface area contributed by atoms with Crippen molar-refractivity contribution in [3.8, 4) is 11.1 Å². The van der Waals surface area contributed by atoms with Crippen LogP contribution in [-0.4, -0.2) is 17.7 Å². The van der Waals surface area contributed by atoms with Crippen LogP contribution in [0.5, 0.6) is 0 Å². The fraction of sp³-hybridized carbons (Fsp3) is 0.200. The third kappa shape index (κ3) is 3.08. The molecule has 4 heteroatoms. The minimum atomic E-state index is -1.24. The number of cyclic esters (lactones) is 2. The Bertz CT molecular complexity index is 824. The maximum Gasteiger partial charge on any atom is 0.348 e. The molecule has 1 fully saturated rings. The maximum absolute atomic E-state index is 12.1. The van der Waals surface area contributed by atoms with Crippen molar-refractivity contribution in [1.29, 1.82) is 0 Å². The smallest absolute Gasteiger partial charge is 0.348 e. The predicted octanol–water partition coefficient (Wildman–Crippen LogP) is 3.88. The summed E-state index contributed by atoms with van der Waals surface area (Å²) in [5.74, 6) is -2.58. The summed E-state index contributed by atoms with van der Waals surface area (Å²) >= 11 is 0. The van der Waals surface area contributed by atoms with Gasteiger partial charge in [-0.25, -0.2) is 9.59 Å². The van der Waals surface area contributed by atoms with Crippen molar-refractivity contribution in [3.05, 3.63) is 65.2 Å². The van der Waals surface area contributed by atoms with E-state index in [9.17, 15) is 9.59 Å². The van der Waals surface area contributed by atoms with Crippen LogP contribution >= 0.6 is 0 Å². The molecule has 0 atom stereocenters. The molecule has 2 aromatic rings. The zero-order valence-electron chi connectivity index (χ0n) is 13.8. The number of aryl methyl sites for hydroxylation is 1. The first kappa shape index (κ1) is 16.0. The number of hydrogen-bond donors (Lipinski definition) is 0. The van der Waals surface area contributed by atoms with Crippen LogP contribution < -0.4 is 0 Å². The highest BCUT2D eigenvalue weighted by atomic mass is 16.7. The number of hydrogen-bond acceptors (Lipinski definition) is 4. The Morgan fingerprint density at radius 2 is 1.38 bits per heavy atom. The second-order valence-electron chi connectivity index (χ2n) is 6.14. The Morgan fingerprint density at radius 3 is 2.00 bits per heavy atom. The van der Waals surface area contributed by atoms with E-state index in [1.54, 1.807) is 0 Å². The fourth-order valence-corrected chi connectivity index (χ4v) is 2.68. The van der Waals surface area contributed by atoms with Gasteiger partial charge in [0.1, 0.15) is 5.57 Å². The van der Waals surface area contributed by atoms with Crippen LogP contribution in [0, 0.1) is 6.92 Å². The van der Waals surface area contributed by atoms with Gasteiger partial charge in [0.05, 0.1) is 0 Å². The van der Waals surface area contributed by atoms with Crippen LogP contribution in [0.15, 0.2) is 54.1 Å². The van der Waals surface area contributed by atoms with Gasteiger partial charge in [-0.15, -0.1) is 0 Å². The second-order valence-corrected chi connectivity index (χ2v) is 6.14. The first-order chi connectivity index (χ1) is 11.4. The third-order valence-corrected chi connectivity index (χ3v) is 3.81. The van der Waals surface area contributed by atoms with Gasteiger partial charge in [-0.2, -0.15) is 0 Å². The number of carbonyl (C=O) groups excluding carboxylic acids is 2. The normalized spacial score (nSPS) is 16.4. The molecule has 0 aliphatic carbocycles. The average molecular weight is 322 g/mol. The molecule has 122 valence electrons. The molecular formula is C20H18O4. The largest absolute Gasteiger partial charge is 0.419 e. The van der Waals surface area contributed by atoms with E-state index in [0.717, 1.165) is 22.3 Å². The number of benzene rings is 2. The molecule has 3 rings (SSSR count). The summed E-state index contributed by atoms with van der Waals surface area (Å²) < 4.78 is 10.3. The lowest BCUT2D eigenvalue weighted by atomic mass is 9.95. The molecule has 0 N–H and O–H groups in total. The van der Waals surface area contributed by atoms with Crippen LogP contribution in [0.1, 0.15) is 25.0 Å². The summed E-state index contributed by atoms with van der Waals surface area (Å²) in [6.45, 7) is 5.08. The quantitative estimate of drug-likeness (QED) is 0.478. The monoisotopic (exact) mass is 322 g/mol. The van der Waals surface area contributed by atoms with Crippen LogP contribution in [0.25, 0.3) is 17.2 Å². The summed E-state index contributed by atoms with van der Waals surface area (Å²) in [6.07, 6.45) is 1.53. The van der Waals surface area contributed by atoms with Crippen molar-refractivity contribution in [2.45, 2.75) is 26.6 Å². The Labute approximate surface area is 140 Å². The molecule has 4 nitrogen and oxygen atoms in total. The molecule has 24 heavy (non-hydrogen) atoms. The van der Waals surface area contributed by atoms with Crippen molar-refractivity contribution in [2.75, 3.05) is 0 Å². The lowest BCUT2D eigenvalue weighted by molar-refractivity contribution is -0.222. The topological polar surface area (TPSA) is 52.6 Å². The molecule has 0 unspecified atom stereocenters. The molecule has 2 aromatic carbocycles. The van der Waals surface area contributed by atoms with Gasteiger partial charge in [0.15, 0.2) is 0 Å². The lowest BCUT2D eigenvalue weighted by Crippen LogP contribution is -2.41. The number of carbonyl (C=O) groups is 2. The third-order valence-electron chi connectivity index (χ3n) is 3.81. The zero-order chi connectivity index (χ0) is 17.3. The molecular weight excluding hydrogens is 304 g/mol. The highest BCUT2D eigenvalue weighted by Gasteiger charge is 2.38. The first-order valence-corrected chi connectivity index (χ1v) is 7.71. The molecule has 1 aliphatic heterocycles. The van der Waals surface area contributed by atoms with Crippen molar-refractivity contribution >= 4 is 18.0 Å². The summed E-state index contributed by atoms with van der Waals surface area (Å²) in [6, 6.07) is 15.5. The molecule has 1 heterocycles. The summed E-state index contributed by atoms with van der Waals surface area (Å²) in [7, 11) is 0. The minimum Gasteiger partial charge on any atom is -0.419 e. The Kier molecular flexibility index (Phi) is 3.97. The van der Waals surface area contributed by atoms with E-state index in [1.807, 2.05) is 55.5 Å². The van der Waals surface area contributed by atoms with E-state index in [-0.39, 0.29) is 5.57 Å². The number of rotatable bonds is 2. The van der Waals surface area contributed by atoms with E-state index in [4.69, 9.17) is 9.47 Å². The van der Waals surface area contributed by atoms with Crippen LogP contribution in [0.4, 0.5) is 0 Å². The average Bonchev–Trinajstić information content (AvgIpc) is 2.51. The Balaban J connectivity index is 2.07. The minimum absolute atomic E-state index is 0.102. The van der Waals surface area contributed by atoms with Crippen molar-refractivity contribution in [2.24, 2.45) is 0 Å². The van der Waals surface area contributed by atoms with Gasteiger partial charge in [-0.1, -0.05) is 48.5 Å². The summed E-state index contributed by atoms with van der Waals surface area (Å²) in [5, 5.41) is 0. The van der Waals surface area contributed by atoms with E-state index in [0.29, 0.717) is 0 Å². The Hall–Kier alpha value is -2.88. The zero-order valence-corrected chi connectivity index (χ0v) is 13.8. The van der Waals surface area contributed by atoms with E-state index in [1.165, 1.54) is 19.9 Å². The van der Waals surface area contributed by atoms with E-state index < -0.39 is 17.7 Å².